The van der Waals surface area contributed by atoms with Crippen molar-refractivity contribution in [3.63, 3.8) is 0 Å². The molecular formula is C46H48N2O10P2. The molecule has 8 aromatic rings. The van der Waals surface area contributed by atoms with Crippen LogP contribution in [0.3, 0.4) is 0 Å². The smallest absolute Gasteiger partial charge is 0.347 e. The maximum absolute atomic E-state index is 13.8. The van der Waals surface area contributed by atoms with Crippen LogP contribution in [-0.2, 0) is 27.8 Å². The van der Waals surface area contributed by atoms with E-state index in [0.29, 0.717) is 38.9 Å². The summed E-state index contributed by atoms with van der Waals surface area (Å²) in [6.45, 7) is 3.73. The number of hydrogen-bond acceptors (Lipinski definition) is 8. The van der Waals surface area contributed by atoms with E-state index in [4.69, 9.17) is 17.9 Å². The Bertz CT molecular complexity index is 2840. The van der Waals surface area contributed by atoms with Crippen molar-refractivity contribution in [2.45, 2.75) is 40.0 Å². The molecular weight excluding hydrogens is 802 g/mol. The highest BCUT2D eigenvalue weighted by atomic mass is 31.2. The maximum Gasteiger partial charge on any atom is 0.347 e. The van der Waals surface area contributed by atoms with E-state index in [0.717, 1.165) is 21.5 Å². The first-order valence-electron chi connectivity index (χ1n) is 18.4. The lowest BCUT2D eigenvalue weighted by Gasteiger charge is -2.25. The van der Waals surface area contributed by atoms with Crippen molar-refractivity contribution in [3.05, 3.63) is 157 Å². The number of amides is 2. The minimum Gasteiger partial charge on any atom is -0.464 e. The molecule has 2 atom stereocenters. The van der Waals surface area contributed by atoms with Crippen LogP contribution >= 0.6 is 15.2 Å². The number of furan rings is 2. The van der Waals surface area contributed by atoms with Crippen LogP contribution in [0, 0.1) is 0 Å². The van der Waals surface area contributed by atoms with Crippen molar-refractivity contribution in [3.8, 4) is 0 Å². The average molecular weight is 851 g/mol. The zero-order valence-corrected chi connectivity index (χ0v) is 33.3. The average Bonchev–Trinajstić information content (AvgIpc) is 3.82. The highest BCUT2D eigenvalue weighted by molar-refractivity contribution is 7.55. The molecule has 14 heteroatoms. The Morgan fingerprint density at radius 3 is 1.38 bits per heavy atom. The lowest BCUT2D eigenvalue weighted by atomic mass is 10.1. The molecule has 0 spiro atoms. The molecule has 0 aliphatic rings. The van der Waals surface area contributed by atoms with Gasteiger partial charge >= 0.3 is 15.2 Å². The van der Waals surface area contributed by atoms with Crippen molar-refractivity contribution < 1.29 is 46.4 Å². The second-order valence-electron chi connectivity index (χ2n) is 13.2. The quantitative estimate of drug-likeness (QED) is 0.0865. The van der Waals surface area contributed by atoms with Gasteiger partial charge in [0, 0.05) is 33.3 Å². The Balaban J connectivity index is 0.000000222. The maximum atomic E-state index is 13.8. The summed E-state index contributed by atoms with van der Waals surface area (Å²) in [6.07, 6.45) is 2.69. The van der Waals surface area contributed by atoms with E-state index >= 15 is 0 Å². The number of nitrogens with one attached hydrogen (secondary N) is 2. The summed E-state index contributed by atoms with van der Waals surface area (Å²) in [6, 6.07) is 40.5. The SMILES string of the molecule is C.C.CCOP(=O)(OCC)C(C(=O)Nc1ccc2ccccc2c1)c1coc2ccccc12.O=C(Nc1ccc2ccccc2c1)C(c1coc2ccccc12)P(=O)(O)O. The summed E-state index contributed by atoms with van der Waals surface area (Å²) in [4.78, 5) is 46.0. The van der Waals surface area contributed by atoms with Gasteiger partial charge in [-0.3, -0.25) is 18.7 Å². The second kappa shape index (κ2) is 19.5. The zero-order chi connectivity index (χ0) is 40.9. The lowest BCUT2D eigenvalue weighted by molar-refractivity contribution is -0.117. The number of carbonyl (C=O) groups is 2. The summed E-state index contributed by atoms with van der Waals surface area (Å²) < 4.78 is 48.0. The van der Waals surface area contributed by atoms with Gasteiger partial charge in [-0.15, -0.1) is 0 Å². The van der Waals surface area contributed by atoms with E-state index in [1.165, 1.54) is 12.5 Å². The molecule has 12 nitrogen and oxygen atoms in total. The topological polar surface area (TPSA) is 178 Å². The molecule has 2 unspecified atom stereocenters. The van der Waals surface area contributed by atoms with Gasteiger partial charge in [-0.2, -0.15) is 0 Å². The molecule has 0 radical (unpaired) electrons. The minimum atomic E-state index is -4.78. The predicted molar refractivity (Wildman–Crippen MR) is 239 cm³/mol. The Labute approximate surface area is 348 Å². The molecule has 0 aliphatic carbocycles. The summed E-state index contributed by atoms with van der Waals surface area (Å²) in [5, 5.41) is 10.7. The van der Waals surface area contributed by atoms with Crippen molar-refractivity contribution in [2.24, 2.45) is 0 Å². The molecule has 4 N–H and O–H groups in total. The molecule has 60 heavy (non-hydrogen) atoms. The van der Waals surface area contributed by atoms with E-state index < -0.39 is 38.3 Å². The number of anilines is 2. The fourth-order valence-corrected chi connectivity index (χ4v) is 9.77. The highest BCUT2D eigenvalue weighted by Crippen LogP contribution is 2.62. The van der Waals surface area contributed by atoms with Crippen LogP contribution in [0.2, 0.25) is 0 Å². The van der Waals surface area contributed by atoms with Crippen LogP contribution in [0.5, 0.6) is 0 Å². The van der Waals surface area contributed by atoms with Crippen molar-refractivity contribution in [1.29, 1.82) is 0 Å². The molecule has 0 bridgehead atoms. The molecule has 312 valence electrons. The fraction of sp³-hybridized carbons (Fsp3) is 0.174. The number of carbonyl (C=O) groups excluding carboxylic acids is 2. The second-order valence-corrected chi connectivity index (χ2v) is 17.1. The van der Waals surface area contributed by atoms with E-state index in [9.17, 15) is 28.5 Å². The standard InChI is InChI=1S/C24H24NO5P.C20H16NO5P.2CH4/c1-3-29-31(27,30-4-2)23(21-16-28-22-12-8-7-11-20(21)22)24(26)25-19-14-13-17-9-5-6-10-18(17)15-19;22-20(21-15-10-9-13-5-1-2-6-14(13)11-15)19(27(23,24)25)17-12-26-18-8-4-3-7-16(17)18;;/h5-16,23H,3-4H2,1-2H3,(H,25,26);1-12,19H,(H,21,22)(H2,23,24,25);2*1H4. The lowest BCUT2D eigenvalue weighted by Crippen LogP contribution is -2.23. The van der Waals surface area contributed by atoms with Crippen LogP contribution in [0.15, 0.2) is 155 Å². The first kappa shape index (κ1) is 45.2. The van der Waals surface area contributed by atoms with Crippen molar-refractivity contribution in [1.82, 2.24) is 0 Å². The van der Waals surface area contributed by atoms with Crippen LogP contribution in [0.4, 0.5) is 11.4 Å². The molecule has 2 amide bonds. The van der Waals surface area contributed by atoms with Crippen LogP contribution in [0.1, 0.15) is 51.1 Å². The molecule has 0 aliphatic heterocycles. The summed E-state index contributed by atoms with van der Waals surface area (Å²) in [7, 11) is -8.62. The van der Waals surface area contributed by atoms with Gasteiger partial charge in [0.05, 0.1) is 25.7 Å². The predicted octanol–water partition coefficient (Wildman–Crippen LogP) is 12.2. The Morgan fingerprint density at radius 1 is 0.567 bits per heavy atom. The normalized spacial score (nSPS) is 12.5. The highest BCUT2D eigenvalue weighted by Gasteiger charge is 2.44. The minimum absolute atomic E-state index is 0. The summed E-state index contributed by atoms with van der Waals surface area (Å²) in [5.74, 6) is -1.27. The molecule has 0 saturated carbocycles. The fourth-order valence-electron chi connectivity index (χ4n) is 6.85. The van der Waals surface area contributed by atoms with Gasteiger partial charge in [-0.05, 0) is 71.8 Å². The Morgan fingerprint density at radius 2 is 0.950 bits per heavy atom. The number of hydrogen-bond donors (Lipinski definition) is 4. The van der Waals surface area contributed by atoms with Gasteiger partial charge in [0.15, 0.2) is 11.3 Å². The van der Waals surface area contributed by atoms with Gasteiger partial charge < -0.3 is 38.3 Å². The van der Waals surface area contributed by atoms with Gasteiger partial charge in [0.25, 0.3) is 0 Å². The Hall–Kier alpha value is -5.84. The third-order valence-corrected chi connectivity index (χ3v) is 13.0. The van der Waals surface area contributed by atoms with E-state index in [-0.39, 0.29) is 33.6 Å². The molecule has 0 fully saturated rings. The number of rotatable bonds is 12. The number of fused-ring (bicyclic) bond motifs is 4. The van der Waals surface area contributed by atoms with Gasteiger partial charge in [0.2, 0.25) is 11.8 Å². The largest absolute Gasteiger partial charge is 0.464 e. The first-order chi connectivity index (χ1) is 28.0. The van der Waals surface area contributed by atoms with Crippen LogP contribution in [-0.4, -0.2) is 34.8 Å². The molecule has 2 heterocycles. The summed E-state index contributed by atoms with van der Waals surface area (Å²) >= 11 is 0. The monoisotopic (exact) mass is 850 g/mol. The van der Waals surface area contributed by atoms with Gasteiger partial charge in [-0.25, -0.2) is 0 Å². The number of para-hydroxylation sites is 2. The third-order valence-electron chi connectivity index (χ3n) is 9.41. The third kappa shape index (κ3) is 9.78. The van der Waals surface area contributed by atoms with Crippen LogP contribution < -0.4 is 10.6 Å². The van der Waals surface area contributed by atoms with Crippen molar-refractivity contribution in [2.75, 3.05) is 23.8 Å². The van der Waals surface area contributed by atoms with Gasteiger partial charge in [-0.1, -0.05) is 112 Å². The summed E-state index contributed by atoms with van der Waals surface area (Å²) in [5.41, 5.74) is -0.0810. The molecule has 0 saturated heterocycles. The van der Waals surface area contributed by atoms with Gasteiger partial charge in [0.1, 0.15) is 11.2 Å². The van der Waals surface area contributed by atoms with Crippen molar-refractivity contribution >= 4 is 81.9 Å². The van der Waals surface area contributed by atoms with E-state index in [1.807, 2.05) is 91.0 Å². The Kier molecular flexibility index (Phi) is 14.7. The number of benzene rings is 6. The van der Waals surface area contributed by atoms with E-state index in [1.54, 1.807) is 56.3 Å². The zero-order valence-electron chi connectivity index (χ0n) is 31.5. The van der Waals surface area contributed by atoms with Crippen LogP contribution in [0.25, 0.3) is 43.5 Å². The first-order valence-corrected chi connectivity index (χ1v) is 21.7. The molecule has 8 rings (SSSR count). The molecule has 2 aromatic heterocycles. The molecule has 6 aromatic carbocycles. The van der Waals surface area contributed by atoms with E-state index in [2.05, 4.69) is 10.6 Å².